The molecule has 1 atom stereocenters. The molecule has 70 valence electrons. The van der Waals surface area contributed by atoms with Crippen LogP contribution in [-0.4, -0.2) is 13.4 Å². The monoisotopic (exact) mass is 246 g/mol. The number of methoxy groups -OCH3 is 1. The molecule has 0 aromatic heterocycles. The van der Waals surface area contributed by atoms with E-state index in [1.165, 1.54) is 19.2 Å². The summed E-state index contributed by atoms with van der Waals surface area (Å²) in [5.74, 6) is -0.387. The van der Waals surface area contributed by atoms with Crippen LogP contribution in [-0.2, 0) is 9.53 Å². The van der Waals surface area contributed by atoms with Gasteiger partial charge in [0.2, 0.25) is 0 Å². The van der Waals surface area contributed by atoms with Crippen molar-refractivity contribution < 1.29 is 13.9 Å². The molecule has 13 heavy (non-hydrogen) atoms. The molecule has 0 saturated heterocycles. The molecule has 0 spiro atoms. The number of hydrogen-bond donors (Lipinski definition) is 0. The molecule has 0 amide bonds. The first kappa shape index (κ1) is 10.3. The zero-order valence-corrected chi connectivity index (χ0v) is 8.55. The maximum Gasteiger partial charge on any atom is 0.153 e. The Kier molecular flexibility index (Phi) is 3.57. The number of hydrogen-bond acceptors (Lipinski definition) is 2. The van der Waals surface area contributed by atoms with Gasteiger partial charge >= 0.3 is 0 Å². The van der Waals surface area contributed by atoms with Gasteiger partial charge in [-0.2, -0.15) is 0 Å². The topological polar surface area (TPSA) is 26.3 Å². The fourth-order valence-corrected chi connectivity index (χ4v) is 1.46. The maximum atomic E-state index is 12.8. The highest BCUT2D eigenvalue weighted by Gasteiger charge is 2.13. The predicted octanol–water partition coefficient (Wildman–Crippen LogP) is 2.47. The first-order valence-corrected chi connectivity index (χ1v) is 4.41. The van der Waals surface area contributed by atoms with Crippen LogP contribution in [0.15, 0.2) is 22.7 Å². The number of ether oxygens (including phenoxy) is 1. The highest BCUT2D eigenvalue weighted by molar-refractivity contribution is 9.10. The number of rotatable bonds is 3. The van der Waals surface area contributed by atoms with E-state index < -0.39 is 6.10 Å². The Morgan fingerprint density at radius 3 is 2.85 bits per heavy atom. The lowest BCUT2D eigenvalue weighted by Crippen LogP contribution is -2.03. The fraction of sp³-hybridized carbons (Fsp3) is 0.222. The van der Waals surface area contributed by atoms with Crippen LogP contribution in [0.5, 0.6) is 0 Å². The molecule has 2 nitrogen and oxygen atoms in total. The first-order chi connectivity index (χ1) is 6.19. The summed E-state index contributed by atoms with van der Waals surface area (Å²) < 4.78 is 18.3. The third-order valence-electron chi connectivity index (χ3n) is 1.64. The molecule has 0 radical (unpaired) electrons. The standard InChI is InChI=1S/C9H8BrFO2/c1-13-9(5-12)7-4-6(11)2-3-8(7)10/h2-5,9H,1H3. The predicted molar refractivity (Wildman–Crippen MR) is 49.9 cm³/mol. The van der Waals surface area contributed by atoms with Crippen molar-refractivity contribution in [1.29, 1.82) is 0 Å². The molecule has 0 saturated carbocycles. The Morgan fingerprint density at radius 2 is 2.31 bits per heavy atom. The largest absolute Gasteiger partial charge is 0.369 e. The third kappa shape index (κ3) is 2.35. The summed E-state index contributed by atoms with van der Waals surface area (Å²) in [5, 5.41) is 0. The minimum Gasteiger partial charge on any atom is -0.369 e. The second-order valence-electron chi connectivity index (χ2n) is 2.46. The summed E-state index contributed by atoms with van der Waals surface area (Å²) in [6.45, 7) is 0. The molecular weight excluding hydrogens is 239 g/mol. The van der Waals surface area contributed by atoms with E-state index in [9.17, 15) is 9.18 Å². The van der Waals surface area contributed by atoms with Gasteiger partial charge in [-0.3, -0.25) is 0 Å². The minimum atomic E-state index is -0.718. The van der Waals surface area contributed by atoms with Crippen molar-refractivity contribution in [3.63, 3.8) is 0 Å². The number of carbonyl (C=O) groups is 1. The van der Waals surface area contributed by atoms with E-state index in [0.717, 1.165) is 0 Å². The van der Waals surface area contributed by atoms with Crippen molar-refractivity contribution in [2.75, 3.05) is 7.11 Å². The Hall–Kier alpha value is -0.740. The molecule has 0 bridgehead atoms. The summed E-state index contributed by atoms with van der Waals surface area (Å²) in [4.78, 5) is 10.5. The van der Waals surface area contributed by atoms with Gasteiger partial charge in [0.1, 0.15) is 11.9 Å². The van der Waals surface area contributed by atoms with Gasteiger partial charge in [0.25, 0.3) is 0 Å². The van der Waals surface area contributed by atoms with Crippen molar-refractivity contribution in [3.8, 4) is 0 Å². The Bertz CT molecular complexity index is 314. The van der Waals surface area contributed by atoms with Crippen LogP contribution >= 0.6 is 15.9 Å². The lowest BCUT2D eigenvalue weighted by Gasteiger charge is -2.10. The van der Waals surface area contributed by atoms with Crippen LogP contribution < -0.4 is 0 Å². The van der Waals surface area contributed by atoms with Gasteiger partial charge in [-0.15, -0.1) is 0 Å². The number of benzene rings is 1. The number of carbonyl (C=O) groups excluding carboxylic acids is 1. The molecule has 0 fully saturated rings. The molecule has 1 rings (SSSR count). The highest BCUT2D eigenvalue weighted by atomic mass is 79.9. The van der Waals surface area contributed by atoms with E-state index in [1.54, 1.807) is 6.07 Å². The molecule has 0 aliphatic heterocycles. The molecule has 1 aromatic carbocycles. The molecule has 1 unspecified atom stereocenters. The Labute approximate surface area is 83.8 Å². The SMILES string of the molecule is COC(C=O)c1cc(F)ccc1Br. The van der Waals surface area contributed by atoms with Crippen LogP contribution in [0.25, 0.3) is 0 Å². The van der Waals surface area contributed by atoms with Gasteiger partial charge in [0.15, 0.2) is 6.29 Å². The van der Waals surface area contributed by atoms with Crippen LogP contribution in [0.1, 0.15) is 11.7 Å². The van der Waals surface area contributed by atoms with Crippen LogP contribution in [0, 0.1) is 5.82 Å². The van der Waals surface area contributed by atoms with Crippen LogP contribution in [0.2, 0.25) is 0 Å². The summed E-state index contributed by atoms with van der Waals surface area (Å²) in [5.41, 5.74) is 0.498. The molecule has 0 heterocycles. The second-order valence-corrected chi connectivity index (χ2v) is 3.31. The van der Waals surface area contributed by atoms with Crippen molar-refractivity contribution in [3.05, 3.63) is 34.1 Å². The second kappa shape index (κ2) is 4.48. The van der Waals surface area contributed by atoms with E-state index in [-0.39, 0.29) is 5.82 Å². The van der Waals surface area contributed by atoms with Gasteiger partial charge in [-0.1, -0.05) is 15.9 Å². The van der Waals surface area contributed by atoms with Crippen molar-refractivity contribution in [2.45, 2.75) is 6.10 Å². The zero-order chi connectivity index (χ0) is 9.84. The molecule has 0 aliphatic rings. The van der Waals surface area contributed by atoms with Crippen molar-refractivity contribution >= 4 is 22.2 Å². The minimum absolute atomic E-state index is 0.387. The van der Waals surface area contributed by atoms with Gasteiger partial charge in [0.05, 0.1) is 0 Å². The van der Waals surface area contributed by atoms with E-state index >= 15 is 0 Å². The first-order valence-electron chi connectivity index (χ1n) is 3.62. The third-order valence-corrected chi connectivity index (χ3v) is 2.36. The molecule has 0 aliphatic carbocycles. The van der Waals surface area contributed by atoms with E-state index in [1.807, 2.05) is 0 Å². The molecule has 4 heteroatoms. The summed E-state index contributed by atoms with van der Waals surface area (Å²) in [6.07, 6.45) is -0.0930. The van der Waals surface area contributed by atoms with Crippen LogP contribution in [0.3, 0.4) is 0 Å². The normalized spacial score (nSPS) is 12.5. The smallest absolute Gasteiger partial charge is 0.153 e. The fourth-order valence-electron chi connectivity index (χ4n) is 0.988. The molecule has 0 N–H and O–H groups in total. The highest BCUT2D eigenvalue weighted by Crippen LogP contribution is 2.24. The summed E-state index contributed by atoms with van der Waals surface area (Å²) >= 11 is 3.21. The number of aldehydes is 1. The van der Waals surface area contributed by atoms with Crippen molar-refractivity contribution in [1.82, 2.24) is 0 Å². The van der Waals surface area contributed by atoms with Crippen LogP contribution in [0.4, 0.5) is 4.39 Å². The van der Waals surface area contributed by atoms with E-state index in [2.05, 4.69) is 15.9 Å². The quantitative estimate of drug-likeness (QED) is 0.767. The van der Waals surface area contributed by atoms with E-state index in [4.69, 9.17) is 4.74 Å². The number of halogens is 2. The Balaban J connectivity index is 3.10. The average Bonchev–Trinajstić information content (AvgIpc) is 2.13. The summed E-state index contributed by atoms with van der Waals surface area (Å²) in [6, 6.07) is 4.12. The maximum absolute atomic E-state index is 12.8. The van der Waals surface area contributed by atoms with Gasteiger partial charge in [-0.25, -0.2) is 4.39 Å². The zero-order valence-electron chi connectivity index (χ0n) is 6.96. The summed E-state index contributed by atoms with van der Waals surface area (Å²) in [7, 11) is 1.40. The average molecular weight is 247 g/mol. The lowest BCUT2D eigenvalue weighted by molar-refractivity contribution is -0.116. The van der Waals surface area contributed by atoms with Crippen molar-refractivity contribution in [2.24, 2.45) is 0 Å². The van der Waals surface area contributed by atoms with Gasteiger partial charge in [0, 0.05) is 17.1 Å². The van der Waals surface area contributed by atoms with Gasteiger partial charge in [-0.05, 0) is 18.2 Å². The van der Waals surface area contributed by atoms with E-state index in [0.29, 0.717) is 16.3 Å². The lowest BCUT2D eigenvalue weighted by atomic mass is 10.1. The molecule has 1 aromatic rings. The van der Waals surface area contributed by atoms with Gasteiger partial charge < -0.3 is 9.53 Å². The Morgan fingerprint density at radius 1 is 1.62 bits per heavy atom. The molecular formula is C9H8BrFO2.